The molecule has 13 heteroatoms. The molecule has 2 aliphatic rings. The number of aliphatic hydroxyl groups excluding tert-OH is 7. The number of hydrogen-bond acceptors (Lipinski definition) is 12. The molecule has 0 unspecified atom stereocenters. The fourth-order valence-electron chi connectivity index (χ4n) is 5.61. The van der Waals surface area contributed by atoms with Crippen molar-refractivity contribution in [3.05, 3.63) is 0 Å². The van der Waals surface area contributed by atoms with E-state index < -0.39 is 80.6 Å². The van der Waals surface area contributed by atoms with Crippen molar-refractivity contribution >= 4 is 29.0 Å². The van der Waals surface area contributed by atoms with Gasteiger partial charge >= 0.3 is 29.0 Å². The van der Waals surface area contributed by atoms with Crippen LogP contribution in [0.25, 0.3) is 0 Å². The maximum atomic E-state index is 12.7. The molecule has 0 aromatic carbocycles. The van der Waals surface area contributed by atoms with Crippen LogP contribution in [0.1, 0.15) is 113 Å². The Balaban J connectivity index is 0. The second kappa shape index (κ2) is 22.4. The van der Waals surface area contributed by atoms with Gasteiger partial charge in [-0.15, -0.1) is 0 Å². The van der Waals surface area contributed by atoms with E-state index in [0.717, 1.165) is 19.3 Å². The Morgan fingerprint density at radius 3 is 1.65 bits per heavy atom. The van der Waals surface area contributed by atoms with E-state index in [1.807, 2.05) is 0 Å². The van der Waals surface area contributed by atoms with Gasteiger partial charge in [0, 0.05) is 6.42 Å². The first-order chi connectivity index (χ1) is 20.2. The maximum absolute atomic E-state index is 12.7. The van der Waals surface area contributed by atoms with Crippen LogP contribution in [0.3, 0.4) is 0 Å². The van der Waals surface area contributed by atoms with Gasteiger partial charge in [0.2, 0.25) is 5.79 Å². The summed E-state index contributed by atoms with van der Waals surface area (Å²) in [6.07, 6.45) is 5.18. The second-order valence-electron chi connectivity index (χ2n) is 11.7. The van der Waals surface area contributed by atoms with Crippen LogP contribution in [0.4, 0.5) is 0 Å². The number of hydrogen-bond donors (Lipinski definition) is 7. The van der Waals surface area contributed by atoms with Crippen molar-refractivity contribution in [1.29, 1.82) is 0 Å². The average molecular weight is 635 g/mol. The largest absolute Gasteiger partial charge is 2.00 e. The summed E-state index contributed by atoms with van der Waals surface area (Å²) in [7, 11) is 0. The molecule has 12 nitrogen and oxygen atoms in total. The smallest absolute Gasteiger partial charge is 1.00 e. The molecule has 0 aromatic heterocycles. The minimum Gasteiger partial charge on any atom is -1.00 e. The predicted octanol–water partition coefficient (Wildman–Crippen LogP) is 1.26. The third-order valence-electron chi connectivity index (χ3n) is 8.28. The monoisotopic (exact) mass is 634 g/mol. The van der Waals surface area contributed by atoms with Crippen molar-refractivity contribution in [2.45, 2.75) is 164 Å². The summed E-state index contributed by atoms with van der Waals surface area (Å²) in [5.41, 5.74) is 0. The van der Waals surface area contributed by atoms with E-state index in [1.165, 1.54) is 70.6 Å². The quantitative estimate of drug-likeness (QED) is 0.0512. The molecule has 0 aromatic rings. The number of unbranched alkanes of at least 4 members (excludes halogenated alkanes) is 14. The van der Waals surface area contributed by atoms with Crippen molar-refractivity contribution in [2.24, 2.45) is 0 Å². The van der Waals surface area contributed by atoms with Crippen LogP contribution in [0.5, 0.6) is 0 Å². The summed E-state index contributed by atoms with van der Waals surface area (Å²) in [5.74, 6) is -2.91. The molecule has 0 radical (unpaired) electrons. The zero-order valence-corrected chi connectivity index (χ0v) is 27.3. The molecule has 9 atom stereocenters. The van der Waals surface area contributed by atoms with Crippen LogP contribution in [0, 0.1) is 0 Å². The van der Waals surface area contributed by atoms with Crippen molar-refractivity contribution in [2.75, 3.05) is 19.8 Å². The summed E-state index contributed by atoms with van der Waals surface area (Å²) in [5, 5.41) is 70.3. The van der Waals surface area contributed by atoms with Gasteiger partial charge < -0.3 is 57.5 Å². The summed E-state index contributed by atoms with van der Waals surface area (Å²) in [6, 6.07) is 0. The van der Waals surface area contributed by atoms with E-state index in [2.05, 4.69) is 6.92 Å². The van der Waals surface area contributed by atoms with Crippen LogP contribution in [-0.2, 0) is 23.7 Å². The zero-order valence-electron chi connectivity index (χ0n) is 27.9. The molecular weight excluding hydrogens is 577 g/mol. The number of carbonyl (C=O) groups excluding carboxylic acids is 1. The molecule has 43 heavy (non-hydrogen) atoms. The third-order valence-corrected chi connectivity index (χ3v) is 8.28. The van der Waals surface area contributed by atoms with Gasteiger partial charge in [-0.1, -0.05) is 96.8 Å². The number of esters is 1. The molecular formula is C30H58MgO12. The van der Waals surface area contributed by atoms with Gasteiger partial charge in [0.1, 0.15) is 43.2 Å². The topological polar surface area (TPSA) is 196 Å². The van der Waals surface area contributed by atoms with Crippen LogP contribution in [0.15, 0.2) is 0 Å². The fraction of sp³-hybridized carbons (Fsp3) is 0.967. The van der Waals surface area contributed by atoms with E-state index in [-0.39, 0.29) is 32.3 Å². The minimum atomic E-state index is -2.24. The van der Waals surface area contributed by atoms with E-state index in [0.29, 0.717) is 6.42 Å². The number of aliphatic hydroxyl groups is 7. The van der Waals surface area contributed by atoms with Crippen LogP contribution in [-0.4, -0.2) is 139 Å². The fourth-order valence-corrected chi connectivity index (χ4v) is 5.61. The summed E-state index contributed by atoms with van der Waals surface area (Å²) >= 11 is 0. The SMILES string of the molecule is CCCCCCCCCCCCCCCCCC(=O)O[C@H]1[C@H](O)[C@@H](CO)O[C@@]1(CO)O[C@H]1O[C@H](CO)[C@@H](O)[C@H](O)[C@H]1O.[H-].[H-].[Mg+2]. The van der Waals surface area contributed by atoms with Crippen molar-refractivity contribution in [3.8, 4) is 0 Å². The second-order valence-corrected chi connectivity index (χ2v) is 11.7. The average Bonchev–Trinajstić information content (AvgIpc) is 3.25. The van der Waals surface area contributed by atoms with Crippen molar-refractivity contribution in [3.63, 3.8) is 0 Å². The minimum absolute atomic E-state index is 0. The van der Waals surface area contributed by atoms with E-state index in [9.17, 15) is 40.5 Å². The number of rotatable bonds is 22. The maximum Gasteiger partial charge on any atom is 2.00 e. The zero-order chi connectivity index (χ0) is 31.0. The molecule has 252 valence electrons. The van der Waals surface area contributed by atoms with Crippen LogP contribution in [0.2, 0.25) is 0 Å². The Kier molecular flexibility index (Phi) is 21.3. The molecule has 2 saturated heterocycles. The van der Waals surface area contributed by atoms with Gasteiger partial charge in [-0.25, -0.2) is 0 Å². The van der Waals surface area contributed by atoms with Gasteiger partial charge in [-0.05, 0) is 6.42 Å². The number of ether oxygens (including phenoxy) is 4. The molecule has 7 N–H and O–H groups in total. The van der Waals surface area contributed by atoms with Gasteiger partial charge in [0.15, 0.2) is 12.4 Å². The normalized spacial score (nSPS) is 32.5. The Labute approximate surface area is 275 Å². The Bertz CT molecular complexity index is 743. The first-order valence-corrected chi connectivity index (χ1v) is 16.0. The molecule has 2 rings (SSSR count). The summed E-state index contributed by atoms with van der Waals surface area (Å²) < 4.78 is 21.9. The first kappa shape index (κ1) is 40.9. The molecule has 0 bridgehead atoms. The predicted molar refractivity (Wildman–Crippen MR) is 160 cm³/mol. The van der Waals surface area contributed by atoms with Gasteiger partial charge in [0.25, 0.3) is 0 Å². The summed E-state index contributed by atoms with van der Waals surface area (Å²) in [4.78, 5) is 12.7. The third kappa shape index (κ3) is 12.9. The molecule has 0 saturated carbocycles. The number of carbonyl (C=O) groups is 1. The molecule has 0 amide bonds. The molecule has 0 aliphatic carbocycles. The van der Waals surface area contributed by atoms with Gasteiger partial charge in [0.05, 0.1) is 13.2 Å². The standard InChI is InChI=1S/C30H56O12.Mg.2H/c1-2-3-4-5-6-7-8-9-10-11-12-13-14-15-16-17-23(34)40-28-25(36)22(19-32)41-30(28,20-33)42-29-27(38)26(37)24(35)21(18-31)39-29;;;/h21-22,24-29,31-33,35-38H,2-20H2,1H3;;;/q;+2;2*-1/t21-,22-,24-,25-,26+,27-,28+,29-,30+;;;/m1.../s1. The van der Waals surface area contributed by atoms with Crippen molar-refractivity contribution in [1.82, 2.24) is 0 Å². The molecule has 0 spiro atoms. The van der Waals surface area contributed by atoms with E-state index in [1.54, 1.807) is 0 Å². The molecule has 2 fully saturated rings. The van der Waals surface area contributed by atoms with Crippen molar-refractivity contribution < 1.29 is 62.3 Å². The van der Waals surface area contributed by atoms with Crippen LogP contribution < -0.4 is 0 Å². The Morgan fingerprint density at radius 2 is 1.19 bits per heavy atom. The summed E-state index contributed by atoms with van der Waals surface area (Å²) in [6.45, 7) is -0.127. The van der Waals surface area contributed by atoms with Crippen LogP contribution >= 0.6 is 0 Å². The first-order valence-electron chi connectivity index (χ1n) is 16.0. The molecule has 2 aliphatic heterocycles. The Morgan fingerprint density at radius 1 is 0.698 bits per heavy atom. The van der Waals surface area contributed by atoms with Gasteiger partial charge in [-0.3, -0.25) is 4.79 Å². The van der Waals surface area contributed by atoms with Gasteiger partial charge in [-0.2, -0.15) is 0 Å². The van der Waals surface area contributed by atoms with E-state index >= 15 is 0 Å². The van der Waals surface area contributed by atoms with E-state index in [4.69, 9.17) is 18.9 Å². The molecule has 2 heterocycles. The Hall–Kier alpha value is -0.164.